The van der Waals surface area contributed by atoms with Gasteiger partial charge in [-0.3, -0.25) is 0 Å². The Balaban J connectivity index is 2.11. The van der Waals surface area contributed by atoms with Gasteiger partial charge in [-0.2, -0.15) is 0 Å². The summed E-state index contributed by atoms with van der Waals surface area (Å²) in [5, 5.41) is 0. The van der Waals surface area contributed by atoms with Gasteiger partial charge in [-0.15, -0.1) is 0 Å². The highest BCUT2D eigenvalue weighted by molar-refractivity contribution is 5.26. The predicted molar refractivity (Wildman–Crippen MR) is 67.5 cm³/mol. The first-order valence-electron chi connectivity index (χ1n) is 5.69. The zero-order chi connectivity index (χ0) is 11.4. The zero-order valence-electron chi connectivity index (χ0n) is 9.69. The van der Waals surface area contributed by atoms with E-state index in [0.717, 1.165) is 13.0 Å². The minimum atomic E-state index is 0.717. The van der Waals surface area contributed by atoms with E-state index >= 15 is 0 Å². The second kappa shape index (κ2) is 4.99. The van der Waals surface area contributed by atoms with E-state index in [1.54, 1.807) is 0 Å². The molecule has 0 atom stereocenters. The van der Waals surface area contributed by atoms with Gasteiger partial charge in [0.15, 0.2) is 0 Å². The van der Waals surface area contributed by atoms with Gasteiger partial charge in [0.2, 0.25) is 0 Å². The molecule has 16 heavy (non-hydrogen) atoms. The van der Waals surface area contributed by atoms with Crippen molar-refractivity contribution in [1.82, 2.24) is 4.57 Å². The average molecular weight is 214 g/mol. The van der Waals surface area contributed by atoms with Crippen LogP contribution in [0, 0.1) is 6.92 Å². The number of benzene rings is 1. The third-order valence-electron chi connectivity index (χ3n) is 2.86. The summed E-state index contributed by atoms with van der Waals surface area (Å²) in [4.78, 5) is 0. The second-order valence-corrected chi connectivity index (χ2v) is 4.16. The molecule has 0 spiro atoms. The number of hydrogen-bond acceptors (Lipinski definition) is 1. The summed E-state index contributed by atoms with van der Waals surface area (Å²) in [7, 11) is 0. The molecule has 1 aromatic heterocycles. The molecule has 2 rings (SSSR count). The number of rotatable bonds is 4. The quantitative estimate of drug-likeness (QED) is 0.832. The molecule has 0 fully saturated rings. The van der Waals surface area contributed by atoms with E-state index in [1.807, 2.05) is 0 Å². The van der Waals surface area contributed by atoms with Crippen molar-refractivity contribution in [2.45, 2.75) is 19.9 Å². The van der Waals surface area contributed by atoms with Gasteiger partial charge in [0, 0.05) is 18.9 Å². The molecule has 0 amide bonds. The Morgan fingerprint density at radius 2 is 2.00 bits per heavy atom. The van der Waals surface area contributed by atoms with E-state index in [1.165, 1.54) is 16.7 Å². The minimum absolute atomic E-state index is 0.717. The predicted octanol–water partition coefficient (Wildman–Crippen LogP) is 2.35. The van der Waals surface area contributed by atoms with Crippen molar-refractivity contribution in [1.29, 1.82) is 0 Å². The number of aromatic nitrogens is 1. The smallest absolute Gasteiger partial charge is 0.0472 e. The normalized spacial score (nSPS) is 10.6. The van der Waals surface area contributed by atoms with Gasteiger partial charge in [-0.05, 0) is 42.6 Å². The van der Waals surface area contributed by atoms with Crippen molar-refractivity contribution in [3.8, 4) is 0 Å². The van der Waals surface area contributed by atoms with Crippen LogP contribution >= 0.6 is 0 Å². The zero-order valence-corrected chi connectivity index (χ0v) is 9.69. The first-order valence-corrected chi connectivity index (χ1v) is 5.69. The van der Waals surface area contributed by atoms with Gasteiger partial charge < -0.3 is 10.3 Å². The lowest BCUT2D eigenvalue weighted by molar-refractivity contribution is 0.795. The van der Waals surface area contributed by atoms with Crippen LogP contribution in [0.5, 0.6) is 0 Å². The Morgan fingerprint density at radius 1 is 1.19 bits per heavy atom. The summed E-state index contributed by atoms with van der Waals surface area (Å²) in [6, 6.07) is 10.6. The molecule has 2 N–H and O–H groups in total. The van der Waals surface area contributed by atoms with Crippen LogP contribution in [0.1, 0.15) is 16.7 Å². The molecular formula is C14H18N2. The van der Waals surface area contributed by atoms with Crippen molar-refractivity contribution in [2.24, 2.45) is 5.73 Å². The van der Waals surface area contributed by atoms with Crippen LogP contribution in [0.15, 0.2) is 42.7 Å². The third-order valence-corrected chi connectivity index (χ3v) is 2.86. The number of aryl methyl sites for hydroxylation is 1. The lowest BCUT2D eigenvalue weighted by Gasteiger charge is -2.06. The monoisotopic (exact) mass is 214 g/mol. The van der Waals surface area contributed by atoms with E-state index in [2.05, 4.69) is 54.2 Å². The molecular weight excluding hydrogens is 196 g/mol. The Morgan fingerprint density at radius 3 is 2.75 bits per heavy atom. The van der Waals surface area contributed by atoms with Crippen LogP contribution < -0.4 is 5.73 Å². The summed E-state index contributed by atoms with van der Waals surface area (Å²) >= 11 is 0. The van der Waals surface area contributed by atoms with Crippen LogP contribution in [-0.4, -0.2) is 11.1 Å². The van der Waals surface area contributed by atoms with Crippen LogP contribution in [0.3, 0.4) is 0 Å². The summed E-state index contributed by atoms with van der Waals surface area (Å²) < 4.78 is 2.22. The van der Waals surface area contributed by atoms with E-state index < -0.39 is 0 Å². The molecule has 0 radical (unpaired) electrons. The molecule has 2 nitrogen and oxygen atoms in total. The largest absolute Gasteiger partial charge is 0.350 e. The lowest BCUT2D eigenvalue weighted by atomic mass is 10.1. The fourth-order valence-corrected chi connectivity index (χ4v) is 1.89. The van der Waals surface area contributed by atoms with Crippen molar-refractivity contribution < 1.29 is 0 Å². The highest BCUT2D eigenvalue weighted by Gasteiger charge is 1.99. The molecule has 1 heterocycles. The van der Waals surface area contributed by atoms with Crippen molar-refractivity contribution in [3.05, 3.63) is 59.4 Å². The van der Waals surface area contributed by atoms with Gasteiger partial charge in [0.25, 0.3) is 0 Å². The fourth-order valence-electron chi connectivity index (χ4n) is 1.89. The number of hydrogen-bond donors (Lipinski definition) is 1. The summed E-state index contributed by atoms with van der Waals surface area (Å²) in [6.45, 7) is 3.81. The van der Waals surface area contributed by atoms with Gasteiger partial charge >= 0.3 is 0 Å². The summed E-state index contributed by atoms with van der Waals surface area (Å²) in [6.07, 6.45) is 5.26. The summed E-state index contributed by atoms with van der Waals surface area (Å²) in [5.41, 5.74) is 9.57. The third kappa shape index (κ3) is 2.52. The topological polar surface area (TPSA) is 30.9 Å². The maximum atomic E-state index is 5.54. The average Bonchev–Trinajstić information content (AvgIpc) is 2.70. The molecule has 0 bridgehead atoms. The van der Waals surface area contributed by atoms with E-state index in [0.29, 0.717) is 6.54 Å². The standard InChI is InChI=1S/C14H18N2/c1-12-4-2-3-5-14(12)11-16-9-7-13(10-16)6-8-15/h2-5,7,9-10H,6,8,11,15H2,1H3. The van der Waals surface area contributed by atoms with Gasteiger partial charge in [-0.25, -0.2) is 0 Å². The highest BCUT2D eigenvalue weighted by Crippen LogP contribution is 2.10. The molecule has 0 aliphatic heterocycles. The van der Waals surface area contributed by atoms with Crippen molar-refractivity contribution in [2.75, 3.05) is 6.54 Å². The highest BCUT2D eigenvalue weighted by atomic mass is 14.9. The Labute approximate surface area is 96.7 Å². The van der Waals surface area contributed by atoms with Crippen LogP contribution in [-0.2, 0) is 13.0 Å². The Bertz CT molecular complexity index is 457. The molecule has 0 saturated heterocycles. The van der Waals surface area contributed by atoms with Gasteiger partial charge in [0.05, 0.1) is 0 Å². The molecule has 84 valence electrons. The van der Waals surface area contributed by atoms with Gasteiger partial charge in [-0.1, -0.05) is 24.3 Å². The molecule has 1 aromatic carbocycles. The maximum Gasteiger partial charge on any atom is 0.0472 e. The molecule has 2 heteroatoms. The maximum absolute atomic E-state index is 5.54. The summed E-state index contributed by atoms with van der Waals surface area (Å²) in [5.74, 6) is 0. The minimum Gasteiger partial charge on any atom is -0.350 e. The van der Waals surface area contributed by atoms with Crippen LogP contribution in [0.4, 0.5) is 0 Å². The molecule has 0 aliphatic carbocycles. The van der Waals surface area contributed by atoms with Crippen LogP contribution in [0.25, 0.3) is 0 Å². The van der Waals surface area contributed by atoms with Crippen molar-refractivity contribution >= 4 is 0 Å². The number of nitrogens with zero attached hydrogens (tertiary/aromatic N) is 1. The number of nitrogens with two attached hydrogens (primary N) is 1. The second-order valence-electron chi connectivity index (χ2n) is 4.16. The lowest BCUT2D eigenvalue weighted by Crippen LogP contribution is -2.02. The molecule has 0 unspecified atom stereocenters. The first kappa shape index (κ1) is 11.0. The molecule has 2 aromatic rings. The van der Waals surface area contributed by atoms with E-state index in [9.17, 15) is 0 Å². The SMILES string of the molecule is Cc1ccccc1Cn1ccc(CCN)c1. The molecule has 0 aliphatic rings. The Kier molecular flexibility index (Phi) is 3.42. The molecule has 0 saturated carbocycles. The fraction of sp³-hybridized carbons (Fsp3) is 0.286. The van der Waals surface area contributed by atoms with E-state index in [-0.39, 0.29) is 0 Å². The van der Waals surface area contributed by atoms with E-state index in [4.69, 9.17) is 5.73 Å². The Hall–Kier alpha value is -1.54. The first-order chi connectivity index (χ1) is 7.79. The van der Waals surface area contributed by atoms with Gasteiger partial charge in [0.1, 0.15) is 0 Å². The van der Waals surface area contributed by atoms with Crippen LogP contribution in [0.2, 0.25) is 0 Å². The van der Waals surface area contributed by atoms with Crippen molar-refractivity contribution in [3.63, 3.8) is 0 Å².